The number of nitrogens with two attached hydrogens (primary N) is 1. The van der Waals surface area contributed by atoms with Crippen LogP contribution < -0.4 is 10.6 Å². The van der Waals surface area contributed by atoms with E-state index in [-0.39, 0.29) is 0 Å². The SMILES string of the molecule is CCC1CCCC(N2CC(CCN)c3ccccc32)CC1. The van der Waals surface area contributed by atoms with Gasteiger partial charge < -0.3 is 10.6 Å². The molecule has 0 amide bonds. The second-order valence-corrected chi connectivity index (χ2v) is 6.92. The monoisotopic (exact) mass is 286 g/mol. The second-order valence-electron chi connectivity index (χ2n) is 6.92. The molecular formula is C19H30N2. The lowest BCUT2D eigenvalue weighted by molar-refractivity contribution is 0.439. The Morgan fingerprint density at radius 3 is 2.81 bits per heavy atom. The molecule has 2 nitrogen and oxygen atoms in total. The number of rotatable bonds is 4. The first-order valence-electron chi connectivity index (χ1n) is 8.89. The van der Waals surface area contributed by atoms with E-state index in [1.54, 1.807) is 5.56 Å². The Bertz CT molecular complexity index is 457. The molecule has 2 heteroatoms. The minimum atomic E-state index is 0.649. The fourth-order valence-electron chi connectivity index (χ4n) is 4.40. The van der Waals surface area contributed by atoms with Crippen molar-refractivity contribution in [2.75, 3.05) is 18.0 Å². The predicted molar refractivity (Wildman–Crippen MR) is 90.9 cm³/mol. The first kappa shape index (κ1) is 14.9. The summed E-state index contributed by atoms with van der Waals surface area (Å²) in [6, 6.07) is 9.79. The van der Waals surface area contributed by atoms with Crippen molar-refractivity contribution in [2.24, 2.45) is 11.7 Å². The second kappa shape index (κ2) is 6.83. The number of para-hydroxylation sites is 1. The molecule has 21 heavy (non-hydrogen) atoms. The van der Waals surface area contributed by atoms with Gasteiger partial charge in [-0.05, 0) is 49.8 Å². The first-order valence-corrected chi connectivity index (χ1v) is 8.89. The number of hydrogen-bond donors (Lipinski definition) is 1. The smallest absolute Gasteiger partial charge is 0.0405 e. The van der Waals surface area contributed by atoms with Crippen molar-refractivity contribution in [3.05, 3.63) is 29.8 Å². The zero-order chi connectivity index (χ0) is 14.7. The van der Waals surface area contributed by atoms with Crippen molar-refractivity contribution in [2.45, 2.75) is 63.8 Å². The number of benzene rings is 1. The van der Waals surface area contributed by atoms with Gasteiger partial charge in [0.25, 0.3) is 0 Å². The Balaban J connectivity index is 1.76. The van der Waals surface area contributed by atoms with Crippen LogP contribution in [0.4, 0.5) is 5.69 Å². The van der Waals surface area contributed by atoms with E-state index in [0.29, 0.717) is 5.92 Å². The fraction of sp³-hybridized carbons (Fsp3) is 0.684. The maximum absolute atomic E-state index is 5.83. The molecule has 2 aliphatic rings. The average Bonchev–Trinajstić information content (AvgIpc) is 2.72. The molecule has 0 bridgehead atoms. The Morgan fingerprint density at radius 1 is 1.14 bits per heavy atom. The van der Waals surface area contributed by atoms with Gasteiger partial charge in [-0.3, -0.25) is 0 Å². The fourth-order valence-corrected chi connectivity index (χ4v) is 4.40. The molecule has 0 saturated heterocycles. The topological polar surface area (TPSA) is 29.3 Å². The van der Waals surface area contributed by atoms with Gasteiger partial charge in [-0.15, -0.1) is 0 Å². The van der Waals surface area contributed by atoms with Crippen molar-refractivity contribution >= 4 is 5.69 Å². The van der Waals surface area contributed by atoms with Crippen LogP contribution in [0, 0.1) is 5.92 Å². The van der Waals surface area contributed by atoms with Gasteiger partial charge in [0.1, 0.15) is 0 Å². The van der Waals surface area contributed by atoms with Gasteiger partial charge in [0.05, 0.1) is 0 Å². The van der Waals surface area contributed by atoms with Crippen LogP contribution in [0.1, 0.15) is 63.4 Å². The van der Waals surface area contributed by atoms with E-state index in [2.05, 4.69) is 36.1 Å². The molecule has 1 heterocycles. The molecule has 3 rings (SSSR count). The van der Waals surface area contributed by atoms with E-state index < -0.39 is 0 Å². The highest BCUT2D eigenvalue weighted by molar-refractivity contribution is 5.61. The van der Waals surface area contributed by atoms with Crippen LogP contribution in [0.25, 0.3) is 0 Å². The molecule has 116 valence electrons. The molecule has 1 aromatic carbocycles. The highest BCUT2D eigenvalue weighted by Crippen LogP contribution is 2.41. The molecule has 1 aliphatic heterocycles. The van der Waals surface area contributed by atoms with Gasteiger partial charge >= 0.3 is 0 Å². The maximum atomic E-state index is 5.83. The summed E-state index contributed by atoms with van der Waals surface area (Å²) in [5, 5.41) is 0. The quantitative estimate of drug-likeness (QED) is 0.836. The van der Waals surface area contributed by atoms with Crippen LogP contribution >= 0.6 is 0 Å². The Morgan fingerprint density at radius 2 is 2.00 bits per heavy atom. The third-order valence-electron chi connectivity index (χ3n) is 5.69. The Labute approximate surface area is 129 Å². The lowest BCUT2D eigenvalue weighted by Gasteiger charge is -2.30. The highest BCUT2D eigenvalue weighted by atomic mass is 15.2. The molecular weight excluding hydrogens is 256 g/mol. The predicted octanol–water partition coefficient (Wildman–Crippen LogP) is 4.30. The molecule has 1 aliphatic carbocycles. The zero-order valence-corrected chi connectivity index (χ0v) is 13.4. The van der Waals surface area contributed by atoms with E-state index in [0.717, 1.165) is 24.9 Å². The van der Waals surface area contributed by atoms with Gasteiger partial charge in [-0.2, -0.15) is 0 Å². The normalized spacial score (nSPS) is 29.2. The molecule has 1 saturated carbocycles. The van der Waals surface area contributed by atoms with Crippen molar-refractivity contribution in [1.29, 1.82) is 0 Å². The first-order chi connectivity index (χ1) is 10.3. The van der Waals surface area contributed by atoms with Crippen molar-refractivity contribution < 1.29 is 0 Å². The third-order valence-corrected chi connectivity index (χ3v) is 5.69. The number of fused-ring (bicyclic) bond motifs is 1. The number of anilines is 1. The summed E-state index contributed by atoms with van der Waals surface area (Å²) in [6.07, 6.45) is 9.50. The molecule has 3 atom stereocenters. The van der Waals surface area contributed by atoms with Crippen LogP contribution in [-0.2, 0) is 0 Å². The van der Waals surface area contributed by atoms with Crippen molar-refractivity contribution in [1.82, 2.24) is 0 Å². The molecule has 0 spiro atoms. The molecule has 2 N–H and O–H groups in total. The van der Waals surface area contributed by atoms with E-state index >= 15 is 0 Å². The van der Waals surface area contributed by atoms with Gasteiger partial charge in [-0.25, -0.2) is 0 Å². The molecule has 1 aromatic rings. The van der Waals surface area contributed by atoms with Crippen LogP contribution in [0.2, 0.25) is 0 Å². The largest absolute Gasteiger partial charge is 0.368 e. The van der Waals surface area contributed by atoms with Gasteiger partial charge in [-0.1, -0.05) is 44.4 Å². The minimum absolute atomic E-state index is 0.649. The van der Waals surface area contributed by atoms with Crippen molar-refractivity contribution in [3.63, 3.8) is 0 Å². The summed E-state index contributed by atoms with van der Waals surface area (Å²) in [6.45, 7) is 4.35. The van der Waals surface area contributed by atoms with Crippen LogP contribution in [-0.4, -0.2) is 19.1 Å². The Kier molecular flexibility index (Phi) is 4.84. The summed E-state index contributed by atoms with van der Waals surface area (Å²) >= 11 is 0. The maximum Gasteiger partial charge on any atom is 0.0405 e. The minimum Gasteiger partial charge on any atom is -0.368 e. The average molecular weight is 286 g/mol. The number of hydrogen-bond acceptors (Lipinski definition) is 2. The molecule has 1 fully saturated rings. The summed E-state index contributed by atoms with van der Waals surface area (Å²) < 4.78 is 0. The van der Waals surface area contributed by atoms with Gasteiger partial charge in [0.2, 0.25) is 0 Å². The summed E-state index contributed by atoms with van der Waals surface area (Å²) in [4.78, 5) is 2.72. The number of nitrogens with zero attached hydrogens (tertiary/aromatic N) is 1. The lowest BCUT2D eigenvalue weighted by Crippen LogP contribution is -2.34. The van der Waals surface area contributed by atoms with Gasteiger partial charge in [0, 0.05) is 24.2 Å². The van der Waals surface area contributed by atoms with Crippen molar-refractivity contribution in [3.8, 4) is 0 Å². The molecule has 3 unspecified atom stereocenters. The van der Waals surface area contributed by atoms with E-state index in [9.17, 15) is 0 Å². The third kappa shape index (κ3) is 3.11. The molecule has 0 aromatic heterocycles. The van der Waals surface area contributed by atoms with E-state index in [1.165, 1.54) is 50.8 Å². The van der Waals surface area contributed by atoms with Crippen LogP contribution in [0.5, 0.6) is 0 Å². The summed E-state index contributed by atoms with van der Waals surface area (Å²) in [7, 11) is 0. The zero-order valence-electron chi connectivity index (χ0n) is 13.4. The van der Waals surface area contributed by atoms with E-state index in [4.69, 9.17) is 5.73 Å². The van der Waals surface area contributed by atoms with Crippen LogP contribution in [0.3, 0.4) is 0 Å². The standard InChI is InChI=1S/C19H30N2/c1-2-15-6-5-7-17(11-10-15)21-14-16(12-13-20)18-8-3-4-9-19(18)21/h3-4,8-9,15-17H,2,5-7,10-14,20H2,1H3. The highest BCUT2D eigenvalue weighted by Gasteiger charge is 2.32. The van der Waals surface area contributed by atoms with E-state index in [1.807, 2.05) is 0 Å². The van der Waals surface area contributed by atoms with Crippen LogP contribution in [0.15, 0.2) is 24.3 Å². The Hall–Kier alpha value is -1.02. The van der Waals surface area contributed by atoms with Gasteiger partial charge in [0.15, 0.2) is 0 Å². The summed E-state index contributed by atoms with van der Waals surface area (Å²) in [5.41, 5.74) is 8.87. The lowest BCUT2D eigenvalue weighted by atomic mass is 9.97. The summed E-state index contributed by atoms with van der Waals surface area (Å²) in [5.74, 6) is 1.61. The molecule has 0 radical (unpaired) electrons.